The van der Waals surface area contributed by atoms with Crippen molar-refractivity contribution >= 4 is 40.0 Å². The van der Waals surface area contributed by atoms with Crippen LogP contribution in [0.5, 0.6) is 0 Å². The van der Waals surface area contributed by atoms with Gasteiger partial charge in [-0.1, -0.05) is 42.1 Å². The molecule has 1 saturated heterocycles. The number of rotatable bonds is 4. The van der Waals surface area contributed by atoms with Crippen molar-refractivity contribution in [3.8, 4) is 0 Å². The monoisotopic (exact) mass is 435 g/mol. The number of hydrogen-bond acceptors (Lipinski definition) is 7. The van der Waals surface area contributed by atoms with Crippen molar-refractivity contribution in [2.45, 2.75) is 5.16 Å². The number of benzene rings is 2. The fraction of sp³-hybridized carbons (Fsp3) is 0.273. The summed E-state index contributed by atoms with van der Waals surface area (Å²) in [4.78, 5) is 35.0. The molecule has 8 nitrogen and oxygen atoms in total. The molecule has 31 heavy (non-hydrogen) atoms. The quantitative estimate of drug-likeness (QED) is 0.461. The maximum Gasteiger partial charge on any atom is 0.282 e. The second kappa shape index (κ2) is 8.26. The van der Waals surface area contributed by atoms with Gasteiger partial charge in [-0.2, -0.15) is 9.78 Å². The number of amides is 1. The average Bonchev–Trinajstić information content (AvgIpc) is 3.07. The van der Waals surface area contributed by atoms with Crippen LogP contribution in [-0.2, 0) is 9.53 Å². The molecule has 0 bridgehead atoms. The smallest absolute Gasteiger partial charge is 0.282 e. The van der Waals surface area contributed by atoms with Gasteiger partial charge in [-0.05, 0) is 24.5 Å². The highest BCUT2D eigenvalue weighted by atomic mass is 32.2. The summed E-state index contributed by atoms with van der Waals surface area (Å²) in [6.45, 7) is 3.30. The molecule has 0 aliphatic carbocycles. The third-order valence-electron chi connectivity index (χ3n) is 5.45. The van der Waals surface area contributed by atoms with Crippen LogP contribution in [0.4, 0.5) is 5.69 Å². The van der Waals surface area contributed by atoms with Gasteiger partial charge < -0.3 is 4.74 Å². The summed E-state index contributed by atoms with van der Waals surface area (Å²) in [5.74, 6) is -0.222. The van der Waals surface area contributed by atoms with E-state index in [1.54, 1.807) is 23.1 Å². The minimum absolute atomic E-state index is 0.222. The molecule has 1 fully saturated rings. The van der Waals surface area contributed by atoms with E-state index in [0.717, 1.165) is 18.8 Å². The predicted molar refractivity (Wildman–Crippen MR) is 121 cm³/mol. The Morgan fingerprint density at radius 2 is 1.81 bits per heavy atom. The Labute approximate surface area is 183 Å². The Balaban J connectivity index is 1.61. The van der Waals surface area contributed by atoms with Crippen molar-refractivity contribution in [1.82, 2.24) is 14.6 Å². The SMILES string of the molecule is CSc1nc2ccccc2c(=O)n1/N=C1\C(=O)N(CN2CCOCC2)c2ccccc21. The van der Waals surface area contributed by atoms with Gasteiger partial charge >= 0.3 is 0 Å². The molecule has 2 aromatic carbocycles. The molecule has 9 heteroatoms. The number of morpholine rings is 1. The average molecular weight is 436 g/mol. The largest absolute Gasteiger partial charge is 0.379 e. The van der Waals surface area contributed by atoms with Crippen molar-refractivity contribution in [2.24, 2.45) is 5.10 Å². The molecule has 2 aliphatic heterocycles. The molecule has 0 unspecified atom stereocenters. The number of hydrogen-bond donors (Lipinski definition) is 0. The highest BCUT2D eigenvalue weighted by Gasteiger charge is 2.35. The summed E-state index contributed by atoms with van der Waals surface area (Å²) in [7, 11) is 0. The van der Waals surface area contributed by atoms with Gasteiger partial charge in [0.15, 0.2) is 10.9 Å². The number of fused-ring (bicyclic) bond motifs is 2. The van der Waals surface area contributed by atoms with Crippen molar-refractivity contribution in [2.75, 3.05) is 44.1 Å². The van der Waals surface area contributed by atoms with Gasteiger partial charge in [0.05, 0.1) is 36.5 Å². The molecule has 3 aromatic rings. The van der Waals surface area contributed by atoms with Crippen LogP contribution in [0.15, 0.2) is 63.6 Å². The normalized spacial score (nSPS) is 18.2. The Hall–Kier alpha value is -3.01. The summed E-state index contributed by atoms with van der Waals surface area (Å²) < 4.78 is 6.66. The molecule has 0 atom stereocenters. The minimum Gasteiger partial charge on any atom is -0.379 e. The summed E-state index contributed by atoms with van der Waals surface area (Å²) >= 11 is 1.32. The minimum atomic E-state index is -0.292. The zero-order chi connectivity index (χ0) is 21.4. The van der Waals surface area contributed by atoms with Gasteiger partial charge in [-0.25, -0.2) is 4.98 Å². The van der Waals surface area contributed by atoms with E-state index in [9.17, 15) is 9.59 Å². The second-order valence-corrected chi connectivity index (χ2v) is 8.08. The van der Waals surface area contributed by atoms with E-state index >= 15 is 0 Å². The van der Waals surface area contributed by atoms with Crippen molar-refractivity contribution < 1.29 is 9.53 Å². The molecule has 0 N–H and O–H groups in total. The summed E-state index contributed by atoms with van der Waals surface area (Å²) in [6.07, 6.45) is 1.84. The molecule has 0 saturated carbocycles. The number of nitrogens with zero attached hydrogens (tertiary/aromatic N) is 5. The Morgan fingerprint density at radius 1 is 1.06 bits per heavy atom. The van der Waals surface area contributed by atoms with Crippen LogP contribution in [0.3, 0.4) is 0 Å². The van der Waals surface area contributed by atoms with Gasteiger partial charge in [-0.15, -0.1) is 0 Å². The van der Waals surface area contributed by atoms with Gasteiger partial charge in [0, 0.05) is 18.7 Å². The fourth-order valence-electron chi connectivity index (χ4n) is 3.86. The van der Waals surface area contributed by atoms with Crippen LogP contribution in [0.2, 0.25) is 0 Å². The predicted octanol–water partition coefficient (Wildman–Crippen LogP) is 2.01. The van der Waals surface area contributed by atoms with Gasteiger partial charge in [0.1, 0.15) is 0 Å². The van der Waals surface area contributed by atoms with Crippen LogP contribution in [0.1, 0.15) is 5.56 Å². The lowest BCUT2D eigenvalue weighted by Gasteiger charge is -2.30. The van der Waals surface area contributed by atoms with Crippen LogP contribution >= 0.6 is 11.8 Å². The Bertz CT molecular complexity index is 1250. The van der Waals surface area contributed by atoms with Crippen LogP contribution in [-0.4, -0.2) is 65.4 Å². The number of anilines is 1. The number of aromatic nitrogens is 2. The molecule has 158 valence electrons. The highest BCUT2D eigenvalue weighted by molar-refractivity contribution is 7.98. The number of thioether (sulfide) groups is 1. The van der Waals surface area contributed by atoms with E-state index in [4.69, 9.17) is 4.74 Å². The number of para-hydroxylation sites is 2. The number of ether oxygens (including phenoxy) is 1. The zero-order valence-electron chi connectivity index (χ0n) is 17.0. The van der Waals surface area contributed by atoms with Crippen molar-refractivity contribution in [3.05, 3.63) is 64.4 Å². The first-order chi connectivity index (χ1) is 15.2. The molecule has 5 rings (SSSR count). The first-order valence-corrected chi connectivity index (χ1v) is 11.3. The van der Waals surface area contributed by atoms with Crippen molar-refractivity contribution in [3.63, 3.8) is 0 Å². The summed E-state index contributed by atoms with van der Waals surface area (Å²) in [5, 5.41) is 5.45. The van der Waals surface area contributed by atoms with E-state index in [0.29, 0.717) is 41.5 Å². The van der Waals surface area contributed by atoms with E-state index < -0.39 is 0 Å². The molecular weight excluding hydrogens is 414 g/mol. The second-order valence-electron chi connectivity index (χ2n) is 7.30. The first-order valence-electron chi connectivity index (χ1n) is 10.0. The lowest BCUT2D eigenvalue weighted by atomic mass is 10.1. The Morgan fingerprint density at radius 3 is 2.61 bits per heavy atom. The fourth-order valence-corrected chi connectivity index (χ4v) is 4.35. The van der Waals surface area contributed by atoms with Gasteiger partial charge in [0.25, 0.3) is 11.5 Å². The zero-order valence-corrected chi connectivity index (χ0v) is 17.8. The molecule has 0 radical (unpaired) electrons. The number of carbonyl (C=O) groups excluding carboxylic acids is 1. The standard InChI is InChI=1S/C22H21N5O3S/c1-31-22-23-17-8-4-2-6-15(17)20(28)27(22)24-19-16-7-3-5-9-18(16)26(21(19)29)14-25-10-12-30-13-11-25/h2-9H,10-14H2,1H3/b24-19-. The maximum absolute atomic E-state index is 13.4. The van der Waals surface area contributed by atoms with Crippen LogP contribution in [0.25, 0.3) is 10.9 Å². The lowest BCUT2D eigenvalue weighted by Crippen LogP contribution is -2.46. The molecule has 2 aliphatic rings. The van der Waals surface area contributed by atoms with Crippen LogP contribution < -0.4 is 10.5 Å². The number of carbonyl (C=O) groups is 1. The van der Waals surface area contributed by atoms with E-state index in [2.05, 4.69) is 15.0 Å². The van der Waals surface area contributed by atoms with E-state index in [1.807, 2.05) is 36.6 Å². The molecular formula is C22H21N5O3S. The van der Waals surface area contributed by atoms with Crippen LogP contribution in [0, 0.1) is 0 Å². The molecule has 1 amide bonds. The van der Waals surface area contributed by atoms with Crippen molar-refractivity contribution in [1.29, 1.82) is 0 Å². The third-order valence-corrected chi connectivity index (χ3v) is 6.08. The summed E-state index contributed by atoms with van der Waals surface area (Å²) in [6, 6.07) is 14.7. The molecule has 3 heterocycles. The topological polar surface area (TPSA) is 80.0 Å². The third kappa shape index (κ3) is 3.54. The lowest BCUT2D eigenvalue weighted by molar-refractivity contribution is -0.112. The molecule has 0 spiro atoms. The Kier molecular flexibility index (Phi) is 5.31. The van der Waals surface area contributed by atoms with E-state index in [-0.39, 0.29) is 17.2 Å². The molecule has 1 aromatic heterocycles. The first kappa shape index (κ1) is 19.9. The van der Waals surface area contributed by atoms with Gasteiger partial charge in [0.2, 0.25) is 0 Å². The highest BCUT2D eigenvalue weighted by Crippen LogP contribution is 2.30. The maximum atomic E-state index is 13.4. The van der Waals surface area contributed by atoms with E-state index in [1.165, 1.54) is 16.4 Å². The van der Waals surface area contributed by atoms with Gasteiger partial charge in [-0.3, -0.25) is 19.4 Å². The summed E-state index contributed by atoms with van der Waals surface area (Å²) in [5.41, 5.74) is 2.08.